The maximum Gasteiger partial charge on any atom is 0.412 e. The van der Waals surface area contributed by atoms with Crippen LogP contribution in [-0.2, 0) is 4.74 Å². The van der Waals surface area contributed by atoms with Crippen LogP contribution in [-0.4, -0.2) is 31.9 Å². The van der Waals surface area contributed by atoms with Gasteiger partial charge in [-0.15, -0.1) is 0 Å². The summed E-state index contributed by atoms with van der Waals surface area (Å²) in [7, 11) is 0. The molecule has 26 heavy (non-hydrogen) atoms. The molecule has 0 spiro atoms. The predicted molar refractivity (Wildman–Crippen MR) is 96.0 cm³/mol. The lowest BCUT2D eigenvalue weighted by Gasteiger charge is -2.19. The number of benzene rings is 1. The number of amides is 1. The molecule has 1 amide bonds. The Balaban J connectivity index is 1.71. The Morgan fingerprint density at radius 1 is 1.15 bits per heavy atom. The van der Waals surface area contributed by atoms with E-state index in [4.69, 9.17) is 9.47 Å². The molecule has 0 bridgehead atoms. The Labute approximate surface area is 150 Å². The number of carbonyl (C=O) groups excluding carboxylic acids is 1. The lowest BCUT2D eigenvalue weighted by Crippen LogP contribution is -2.27. The third kappa shape index (κ3) is 4.79. The zero-order valence-corrected chi connectivity index (χ0v) is 14.7. The SMILES string of the molecule is CC(C)(C)OC(=O)Nc1cccc(Oc2cc(-c3ccn[nH]3)ncn2)c1. The van der Waals surface area contributed by atoms with Gasteiger partial charge in [-0.1, -0.05) is 6.07 Å². The summed E-state index contributed by atoms with van der Waals surface area (Å²) in [6, 6.07) is 10.4. The highest BCUT2D eigenvalue weighted by molar-refractivity contribution is 5.85. The average molecular weight is 353 g/mol. The van der Waals surface area contributed by atoms with E-state index in [2.05, 4.69) is 25.5 Å². The lowest BCUT2D eigenvalue weighted by atomic mass is 10.2. The molecule has 3 aromatic rings. The zero-order chi connectivity index (χ0) is 18.6. The number of nitrogens with zero attached hydrogens (tertiary/aromatic N) is 3. The Hall–Kier alpha value is -3.42. The summed E-state index contributed by atoms with van der Waals surface area (Å²) >= 11 is 0. The fraction of sp³-hybridized carbons (Fsp3) is 0.222. The Bertz CT molecular complexity index is 888. The second kappa shape index (κ2) is 7.22. The highest BCUT2D eigenvalue weighted by Crippen LogP contribution is 2.25. The van der Waals surface area contributed by atoms with Crippen LogP contribution in [0.5, 0.6) is 11.6 Å². The number of hydrogen-bond donors (Lipinski definition) is 2. The smallest absolute Gasteiger partial charge is 0.412 e. The van der Waals surface area contributed by atoms with Gasteiger partial charge in [-0.2, -0.15) is 5.10 Å². The minimum atomic E-state index is -0.567. The van der Waals surface area contributed by atoms with E-state index in [9.17, 15) is 4.79 Å². The van der Waals surface area contributed by atoms with E-state index in [0.29, 0.717) is 23.0 Å². The van der Waals surface area contributed by atoms with Crippen molar-refractivity contribution >= 4 is 11.8 Å². The maximum absolute atomic E-state index is 11.9. The number of carbonyl (C=O) groups is 1. The number of aromatic nitrogens is 4. The number of ether oxygens (including phenoxy) is 2. The number of H-pyrrole nitrogens is 1. The molecule has 8 nitrogen and oxygen atoms in total. The van der Waals surface area contributed by atoms with E-state index >= 15 is 0 Å². The molecule has 0 saturated carbocycles. The van der Waals surface area contributed by atoms with Crippen molar-refractivity contribution in [2.45, 2.75) is 26.4 Å². The first-order valence-corrected chi connectivity index (χ1v) is 7.99. The third-order valence-electron chi connectivity index (χ3n) is 3.12. The summed E-state index contributed by atoms with van der Waals surface area (Å²) in [6.45, 7) is 5.41. The predicted octanol–water partition coefficient (Wildman–Crippen LogP) is 4.01. The van der Waals surface area contributed by atoms with Crippen molar-refractivity contribution in [2.24, 2.45) is 0 Å². The molecule has 0 atom stereocenters. The van der Waals surface area contributed by atoms with Gasteiger partial charge in [0, 0.05) is 24.0 Å². The minimum Gasteiger partial charge on any atom is -0.444 e. The Morgan fingerprint density at radius 2 is 2.00 bits per heavy atom. The second-order valence-corrected chi connectivity index (χ2v) is 6.47. The monoisotopic (exact) mass is 353 g/mol. The van der Waals surface area contributed by atoms with Crippen molar-refractivity contribution in [2.75, 3.05) is 5.32 Å². The average Bonchev–Trinajstić information content (AvgIpc) is 3.08. The first kappa shape index (κ1) is 17.4. The Kier molecular flexibility index (Phi) is 4.83. The molecule has 2 N–H and O–H groups in total. The van der Waals surface area contributed by atoms with Gasteiger partial charge in [0.05, 0.1) is 11.4 Å². The van der Waals surface area contributed by atoms with Gasteiger partial charge in [-0.05, 0) is 39.0 Å². The third-order valence-corrected chi connectivity index (χ3v) is 3.12. The number of rotatable bonds is 4. The molecule has 8 heteroatoms. The molecule has 3 rings (SSSR count). The van der Waals surface area contributed by atoms with Gasteiger partial charge in [0.2, 0.25) is 5.88 Å². The summed E-state index contributed by atoms with van der Waals surface area (Å²) in [5.41, 5.74) is 1.41. The summed E-state index contributed by atoms with van der Waals surface area (Å²) in [4.78, 5) is 20.2. The van der Waals surface area contributed by atoms with Gasteiger partial charge < -0.3 is 9.47 Å². The first-order chi connectivity index (χ1) is 12.4. The normalized spacial score (nSPS) is 11.0. The molecular formula is C18H19N5O3. The van der Waals surface area contributed by atoms with Crippen molar-refractivity contribution < 1.29 is 14.3 Å². The van der Waals surface area contributed by atoms with Gasteiger partial charge in [0.25, 0.3) is 0 Å². The number of nitrogens with one attached hydrogen (secondary N) is 2. The van der Waals surface area contributed by atoms with Gasteiger partial charge >= 0.3 is 6.09 Å². The molecule has 0 fully saturated rings. The van der Waals surface area contributed by atoms with Crippen LogP contribution < -0.4 is 10.1 Å². The molecule has 0 unspecified atom stereocenters. The van der Waals surface area contributed by atoms with Gasteiger partial charge in [0.15, 0.2) is 0 Å². The van der Waals surface area contributed by atoms with Crippen LogP contribution in [0, 0.1) is 0 Å². The van der Waals surface area contributed by atoms with E-state index in [1.165, 1.54) is 6.33 Å². The molecule has 134 valence electrons. The van der Waals surface area contributed by atoms with Gasteiger partial charge in [0.1, 0.15) is 17.7 Å². The van der Waals surface area contributed by atoms with Crippen molar-refractivity contribution in [1.82, 2.24) is 20.2 Å². The molecule has 2 aromatic heterocycles. The van der Waals surface area contributed by atoms with Gasteiger partial charge in [-0.25, -0.2) is 14.8 Å². The first-order valence-electron chi connectivity index (χ1n) is 7.99. The van der Waals surface area contributed by atoms with Crippen LogP contribution in [0.25, 0.3) is 11.4 Å². The van der Waals surface area contributed by atoms with Crippen molar-refractivity contribution in [1.29, 1.82) is 0 Å². The van der Waals surface area contributed by atoms with Crippen LogP contribution in [0.1, 0.15) is 20.8 Å². The van der Waals surface area contributed by atoms with Crippen molar-refractivity contribution in [3.8, 4) is 23.0 Å². The van der Waals surface area contributed by atoms with Crippen LogP contribution in [0.2, 0.25) is 0 Å². The summed E-state index contributed by atoms with van der Waals surface area (Å²) in [5, 5.41) is 9.41. The second-order valence-electron chi connectivity index (χ2n) is 6.47. The summed E-state index contributed by atoms with van der Waals surface area (Å²) in [6.07, 6.45) is 2.52. The molecule has 0 saturated heterocycles. The fourth-order valence-corrected chi connectivity index (χ4v) is 2.12. The van der Waals surface area contributed by atoms with E-state index < -0.39 is 11.7 Å². The van der Waals surface area contributed by atoms with E-state index in [-0.39, 0.29) is 0 Å². The number of anilines is 1. The molecule has 2 heterocycles. The standard InChI is InChI=1S/C18H19N5O3/c1-18(2,3)26-17(24)22-12-5-4-6-13(9-12)25-16-10-15(19-11-20-16)14-7-8-21-23-14/h4-11H,1-3H3,(H,21,23)(H,22,24). The van der Waals surface area contributed by atoms with E-state index in [1.807, 2.05) is 0 Å². The van der Waals surface area contributed by atoms with Crippen LogP contribution in [0.15, 0.2) is 48.9 Å². The van der Waals surface area contributed by atoms with E-state index in [0.717, 1.165) is 5.69 Å². The highest BCUT2D eigenvalue weighted by atomic mass is 16.6. The fourth-order valence-electron chi connectivity index (χ4n) is 2.12. The van der Waals surface area contributed by atoms with Crippen LogP contribution in [0.4, 0.5) is 10.5 Å². The van der Waals surface area contributed by atoms with Crippen LogP contribution in [0.3, 0.4) is 0 Å². The Morgan fingerprint density at radius 3 is 2.73 bits per heavy atom. The minimum absolute atomic E-state index is 0.374. The zero-order valence-electron chi connectivity index (χ0n) is 14.7. The molecule has 1 aromatic carbocycles. The van der Waals surface area contributed by atoms with Crippen molar-refractivity contribution in [3.05, 3.63) is 48.9 Å². The lowest BCUT2D eigenvalue weighted by molar-refractivity contribution is 0.0636. The summed E-state index contributed by atoms with van der Waals surface area (Å²) < 4.78 is 11.0. The quantitative estimate of drug-likeness (QED) is 0.735. The highest BCUT2D eigenvalue weighted by Gasteiger charge is 2.16. The molecule has 0 radical (unpaired) electrons. The molecule has 0 aliphatic rings. The number of hydrogen-bond acceptors (Lipinski definition) is 6. The largest absolute Gasteiger partial charge is 0.444 e. The maximum atomic E-state index is 11.9. The topological polar surface area (TPSA) is 102 Å². The van der Waals surface area contributed by atoms with E-state index in [1.54, 1.807) is 63.4 Å². The summed E-state index contributed by atoms with van der Waals surface area (Å²) in [5.74, 6) is 0.895. The molecule has 0 aliphatic heterocycles. The molecular weight excluding hydrogens is 334 g/mol. The molecule has 0 aliphatic carbocycles. The number of aromatic amines is 1. The van der Waals surface area contributed by atoms with Crippen molar-refractivity contribution in [3.63, 3.8) is 0 Å². The van der Waals surface area contributed by atoms with Gasteiger partial charge in [-0.3, -0.25) is 10.4 Å². The van der Waals surface area contributed by atoms with Crippen LogP contribution >= 0.6 is 0 Å².